The summed E-state index contributed by atoms with van der Waals surface area (Å²) in [5, 5.41) is 7.55. The second-order valence-corrected chi connectivity index (χ2v) is 13.9. The van der Waals surface area contributed by atoms with Crippen LogP contribution in [-0.4, -0.2) is 0 Å². The minimum Gasteiger partial charge on any atom is -0.456 e. The molecule has 0 saturated carbocycles. The Labute approximate surface area is 289 Å². The average molecular weight is 633 g/mol. The van der Waals surface area contributed by atoms with Crippen molar-refractivity contribution in [3.8, 4) is 56.0 Å². The fourth-order valence-corrected chi connectivity index (χ4v) is 9.63. The molecule has 0 unspecified atom stereocenters. The van der Waals surface area contributed by atoms with Gasteiger partial charge >= 0.3 is 0 Å². The lowest BCUT2D eigenvalue weighted by atomic mass is 9.70. The normalized spacial score (nSPS) is 13.9. The molecule has 1 spiro atoms. The number of rotatable bonds is 1. The maximum atomic E-state index is 6.48. The molecule has 0 amide bonds. The highest BCUT2D eigenvalue weighted by Gasteiger charge is 2.52. The Hall–Kier alpha value is -6.44. The molecule has 0 saturated heterocycles. The third-order valence-electron chi connectivity index (χ3n) is 11.7. The van der Waals surface area contributed by atoms with E-state index in [1.165, 1.54) is 93.5 Å². The standard InChI is InChI=1S/C49H28O/c1-3-13-34-29(9-1)20-24-41-47(34)48-35-14-4-2-10-30(35)21-25-42(48)49(41)40-17-6-5-15-36(40)37-23-19-33(28-43(37)49)32-22-26-44-39(27-32)38-16-7-11-31-12-8-18-45(50-44)46(31)38/h1-28H. The summed E-state index contributed by atoms with van der Waals surface area (Å²) >= 11 is 0. The van der Waals surface area contributed by atoms with Crippen LogP contribution in [-0.2, 0) is 5.41 Å². The highest BCUT2D eigenvalue weighted by Crippen LogP contribution is 2.65. The van der Waals surface area contributed by atoms with Crippen molar-refractivity contribution in [2.24, 2.45) is 0 Å². The van der Waals surface area contributed by atoms with E-state index in [9.17, 15) is 0 Å². The van der Waals surface area contributed by atoms with Crippen LogP contribution in [0, 0.1) is 0 Å². The molecule has 0 aromatic heterocycles. The van der Waals surface area contributed by atoms with Crippen LogP contribution in [0.2, 0.25) is 0 Å². The monoisotopic (exact) mass is 632 g/mol. The van der Waals surface area contributed by atoms with Gasteiger partial charge in [-0.2, -0.15) is 0 Å². The zero-order chi connectivity index (χ0) is 32.6. The first-order chi connectivity index (χ1) is 24.8. The minimum atomic E-state index is -0.442. The van der Waals surface area contributed by atoms with Gasteiger partial charge in [-0.3, -0.25) is 0 Å². The fourth-order valence-electron chi connectivity index (χ4n) is 9.63. The Morgan fingerprint density at radius 1 is 0.340 bits per heavy atom. The number of ether oxygens (including phenoxy) is 1. The predicted octanol–water partition coefficient (Wildman–Crippen LogP) is 12.9. The van der Waals surface area contributed by atoms with E-state index >= 15 is 0 Å². The van der Waals surface area contributed by atoms with Crippen LogP contribution in [0.3, 0.4) is 0 Å². The van der Waals surface area contributed by atoms with E-state index in [0.717, 1.165) is 17.1 Å². The van der Waals surface area contributed by atoms with Gasteiger partial charge in [0.25, 0.3) is 0 Å². The van der Waals surface area contributed by atoms with Crippen LogP contribution in [0.15, 0.2) is 170 Å². The molecule has 230 valence electrons. The summed E-state index contributed by atoms with van der Waals surface area (Å²) in [6.45, 7) is 0. The summed E-state index contributed by atoms with van der Waals surface area (Å²) in [6.07, 6.45) is 0. The van der Waals surface area contributed by atoms with Gasteiger partial charge in [-0.05, 0) is 112 Å². The molecule has 0 bridgehead atoms. The van der Waals surface area contributed by atoms with E-state index in [0.29, 0.717) is 0 Å². The molecule has 2 aliphatic carbocycles. The van der Waals surface area contributed by atoms with Crippen molar-refractivity contribution < 1.29 is 4.74 Å². The van der Waals surface area contributed by atoms with E-state index < -0.39 is 5.41 Å². The van der Waals surface area contributed by atoms with Crippen LogP contribution in [0.25, 0.3) is 76.8 Å². The SMILES string of the molecule is c1ccc2c(c1)-c1ccc(-c3ccc4c(c3)-c3cccc5cccc(c35)O4)cc1C21c2ccc3ccccc3c2-c2c1ccc1ccccc21. The molecule has 9 aromatic rings. The van der Waals surface area contributed by atoms with Gasteiger partial charge in [0.05, 0.1) is 5.41 Å². The van der Waals surface area contributed by atoms with Crippen molar-refractivity contribution in [3.63, 3.8) is 0 Å². The zero-order valence-corrected chi connectivity index (χ0v) is 27.1. The molecule has 12 rings (SSSR count). The lowest BCUT2D eigenvalue weighted by Gasteiger charge is -2.31. The van der Waals surface area contributed by atoms with Crippen molar-refractivity contribution in [3.05, 3.63) is 192 Å². The average Bonchev–Trinajstić information content (AvgIpc) is 3.65. The topological polar surface area (TPSA) is 9.23 Å². The lowest BCUT2D eigenvalue weighted by Crippen LogP contribution is -2.25. The largest absolute Gasteiger partial charge is 0.456 e. The van der Waals surface area contributed by atoms with Gasteiger partial charge in [-0.25, -0.2) is 0 Å². The Balaban J connectivity index is 1.16. The molecule has 9 aromatic carbocycles. The number of fused-ring (bicyclic) bond motifs is 16. The van der Waals surface area contributed by atoms with Gasteiger partial charge in [0, 0.05) is 10.9 Å². The zero-order valence-electron chi connectivity index (χ0n) is 27.1. The Bertz CT molecular complexity index is 2870. The van der Waals surface area contributed by atoms with Crippen molar-refractivity contribution in [2.45, 2.75) is 5.41 Å². The van der Waals surface area contributed by atoms with Crippen LogP contribution in [0.1, 0.15) is 22.3 Å². The van der Waals surface area contributed by atoms with Crippen molar-refractivity contribution in [1.29, 1.82) is 0 Å². The first-order valence-corrected chi connectivity index (χ1v) is 17.4. The highest BCUT2D eigenvalue weighted by atomic mass is 16.5. The molecule has 3 aliphatic rings. The first kappa shape index (κ1) is 26.5. The van der Waals surface area contributed by atoms with Gasteiger partial charge in [0.1, 0.15) is 11.5 Å². The van der Waals surface area contributed by atoms with Gasteiger partial charge in [-0.15, -0.1) is 0 Å². The van der Waals surface area contributed by atoms with Crippen molar-refractivity contribution >= 4 is 32.3 Å². The van der Waals surface area contributed by atoms with Crippen molar-refractivity contribution in [1.82, 2.24) is 0 Å². The van der Waals surface area contributed by atoms with Crippen LogP contribution >= 0.6 is 0 Å². The highest BCUT2D eigenvalue weighted by molar-refractivity contribution is 6.13. The summed E-state index contributed by atoms with van der Waals surface area (Å²) in [5.41, 5.74) is 15.1. The lowest BCUT2D eigenvalue weighted by molar-refractivity contribution is 0.487. The molecular weight excluding hydrogens is 605 g/mol. The van der Waals surface area contributed by atoms with Gasteiger partial charge < -0.3 is 4.74 Å². The van der Waals surface area contributed by atoms with Gasteiger partial charge in [-0.1, -0.05) is 146 Å². The number of hydrogen-bond acceptors (Lipinski definition) is 1. The van der Waals surface area contributed by atoms with E-state index in [-0.39, 0.29) is 0 Å². The first-order valence-electron chi connectivity index (χ1n) is 17.4. The van der Waals surface area contributed by atoms with Crippen LogP contribution < -0.4 is 4.74 Å². The summed E-state index contributed by atoms with van der Waals surface area (Å²) < 4.78 is 6.48. The molecule has 0 radical (unpaired) electrons. The van der Waals surface area contributed by atoms with E-state index in [1.54, 1.807) is 0 Å². The molecule has 1 aliphatic heterocycles. The molecule has 0 fully saturated rings. The predicted molar refractivity (Wildman–Crippen MR) is 206 cm³/mol. The summed E-state index contributed by atoms with van der Waals surface area (Å²) in [4.78, 5) is 0. The molecular formula is C49H28O. The maximum absolute atomic E-state index is 6.48. The summed E-state index contributed by atoms with van der Waals surface area (Å²) in [6, 6.07) is 63.1. The van der Waals surface area contributed by atoms with Gasteiger partial charge in [0.2, 0.25) is 0 Å². The third kappa shape index (κ3) is 3.18. The quantitative estimate of drug-likeness (QED) is 0.175. The summed E-state index contributed by atoms with van der Waals surface area (Å²) in [5.74, 6) is 1.83. The smallest absolute Gasteiger partial charge is 0.135 e. The number of hydrogen-bond donors (Lipinski definition) is 0. The second kappa shape index (κ2) is 9.37. The molecule has 1 heteroatoms. The van der Waals surface area contributed by atoms with E-state index in [2.05, 4.69) is 170 Å². The molecule has 1 nitrogen and oxygen atoms in total. The Kier molecular flexibility index (Phi) is 4.97. The minimum absolute atomic E-state index is 0.442. The molecule has 0 atom stereocenters. The molecule has 1 heterocycles. The number of benzene rings is 9. The Morgan fingerprint density at radius 2 is 0.940 bits per heavy atom. The van der Waals surface area contributed by atoms with E-state index in [4.69, 9.17) is 4.74 Å². The third-order valence-corrected chi connectivity index (χ3v) is 11.7. The fraction of sp³-hybridized carbons (Fsp3) is 0.0204. The maximum Gasteiger partial charge on any atom is 0.135 e. The van der Waals surface area contributed by atoms with Crippen molar-refractivity contribution in [2.75, 3.05) is 0 Å². The van der Waals surface area contributed by atoms with Gasteiger partial charge in [0.15, 0.2) is 0 Å². The van der Waals surface area contributed by atoms with Crippen LogP contribution in [0.5, 0.6) is 11.5 Å². The van der Waals surface area contributed by atoms with Crippen LogP contribution in [0.4, 0.5) is 0 Å². The molecule has 50 heavy (non-hydrogen) atoms. The summed E-state index contributed by atoms with van der Waals surface area (Å²) in [7, 11) is 0. The molecule has 0 N–H and O–H groups in total. The Morgan fingerprint density at radius 3 is 1.72 bits per heavy atom. The van der Waals surface area contributed by atoms with E-state index in [1.807, 2.05) is 0 Å². The second-order valence-electron chi connectivity index (χ2n) is 13.9.